The Morgan fingerprint density at radius 2 is 2.00 bits per heavy atom. The van der Waals surface area contributed by atoms with E-state index in [9.17, 15) is 5.21 Å². The van der Waals surface area contributed by atoms with Gasteiger partial charge < -0.3 is 10.5 Å². The maximum Gasteiger partial charge on any atom is 0.244 e. The van der Waals surface area contributed by atoms with Crippen LogP contribution in [0, 0.1) is 5.21 Å². The van der Waals surface area contributed by atoms with Crippen LogP contribution in [0.1, 0.15) is 0 Å². The first-order valence-corrected chi connectivity index (χ1v) is 7.87. The minimum absolute atomic E-state index is 0.388. The fourth-order valence-electron chi connectivity index (χ4n) is 2.15. The molecule has 0 saturated heterocycles. The van der Waals surface area contributed by atoms with Crippen LogP contribution in [0.3, 0.4) is 0 Å². The summed E-state index contributed by atoms with van der Waals surface area (Å²) >= 11 is 11.2. The second-order valence-corrected chi connectivity index (χ2v) is 5.89. The summed E-state index contributed by atoms with van der Waals surface area (Å²) in [7, 11) is 1.73. The quantitative estimate of drug-likeness (QED) is 0.324. The molecule has 0 saturated carbocycles. The first-order valence-electron chi connectivity index (χ1n) is 7.09. The van der Waals surface area contributed by atoms with Gasteiger partial charge in [0.25, 0.3) is 0 Å². The molecule has 0 radical (unpaired) electrons. The van der Waals surface area contributed by atoms with E-state index in [0.29, 0.717) is 27.0 Å². The zero-order chi connectivity index (χ0) is 17.1. The number of nitrogens with zero attached hydrogens (tertiary/aromatic N) is 3. The van der Waals surface area contributed by atoms with E-state index in [4.69, 9.17) is 23.8 Å². The molecule has 6 nitrogen and oxygen atoms in total. The molecule has 0 unspecified atom stereocenters. The van der Waals surface area contributed by atoms with Crippen LogP contribution in [0.15, 0.2) is 54.7 Å². The van der Waals surface area contributed by atoms with Crippen molar-refractivity contribution in [2.24, 2.45) is 0 Å². The molecule has 2 aromatic carbocycles. The average molecular weight is 360 g/mol. The topological polar surface area (TPSA) is 67.1 Å². The van der Waals surface area contributed by atoms with Crippen molar-refractivity contribution in [3.63, 3.8) is 0 Å². The van der Waals surface area contributed by atoms with Crippen LogP contribution in [0.2, 0.25) is 5.02 Å². The molecule has 0 aliphatic carbocycles. The standard InChI is InChI=1S/C16H14ClN5OS/c1-21(20-16(24)18-12-5-3-2-4-6-12)15-10-22(23)14-9-11(17)7-8-13(14)19-15/h2-10H,1H3,(H2,18,20,24). The van der Waals surface area contributed by atoms with Crippen molar-refractivity contribution in [2.45, 2.75) is 0 Å². The normalized spacial score (nSPS) is 10.4. The molecule has 3 rings (SSSR count). The van der Waals surface area contributed by atoms with Crippen LogP contribution >= 0.6 is 23.8 Å². The number of fused-ring (bicyclic) bond motifs is 1. The van der Waals surface area contributed by atoms with Gasteiger partial charge in [0.1, 0.15) is 5.52 Å². The lowest BCUT2D eigenvalue weighted by atomic mass is 10.3. The zero-order valence-corrected chi connectivity index (χ0v) is 14.3. The highest BCUT2D eigenvalue weighted by molar-refractivity contribution is 7.80. The highest BCUT2D eigenvalue weighted by Gasteiger charge is 2.13. The van der Waals surface area contributed by atoms with Crippen LogP contribution in [0.25, 0.3) is 11.0 Å². The lowest BCUT2D eigenvalue weighted by Gasteiger charge is -2.21. The van der Waals surface area contributed by atoms with Crippen LogP contribution in [0.4, 0.5) is 11.5 Å². The summed E-state index contributed by atoms with van der Waals surface area (Å²) in [4.78, 5) is 4.43. The summed E-state index contributed by atoms with van der Waals surface area (Å²) < 4.78 is 0.732. The highest BCUT2D eigenvalue weighted by atomic mass is 35.5. The van der Waals surface area contributed by atoms with Crippen LogP contribution in [0.5, 0.6) is 0 Å². The van der Waals surface area contributed by atoms with E-state index in [1.807, 2.05) is 30.3 Å². The SMILES string of the molecule is CN(NC(=S)Nc1ccccc1)c1c[n+]([O-])c2cc(Cl)ccc2n1. The Balaban J connectivity index is 1.77. The van der Waals surface area contributed by atoms with Gasteiger partial charge in [0.15, 0.2) is 5.11 Å². The molecule has 0 aliphatic heterocycles. The lowest BCUT2D eigenvalue weighted by Crippen LogP contribution is -2.43. The first-order chi connectivity index (χ1) is 11.5. The number of anilines is 2. The number of benzene rings is 2. The van der Waals surface area contributed by atoms with Gasteiger partial charge in [-0.3, -0.25) is 10.4 Å². The zero-order valence-electron chi connectivity index (χ0n) is 12.7. The van der Waals surface area contributed by atoms with Crippen LogP contribution in [-0.4, -0.2) is 17.1 Å². The Morgan fingerprint density at radius 1 is 1.25 bits per heavy atom. The van der Waals surface area contributed by atoms with Gasteiger partial charge in [-0.2, -0.15) is 4.73 Å². The van der Waals surface area contributed by atoms with Gasteiger partial charge in [-0.25, -0.2) is 4.98 Å². The fraction of sp³-hybridized carbons (Fsp3) is 0.0625. The smallest absolute Gasteiger partial charge is 0.244 e. The third-order valence-electron chi connectivity index (χ3n) is 3.29. The Labute approximate surface area is 149 Å². The van der Waals surface area contributed by atoms with Crippen molar-refractivity contribution in [1.29, 1.82) is 0 Å². The van der Waals surface area contributed by atoms with E-state index in [0.717, 1.165) is 10.4 Å². The molecule has 0 fully saturated rings. The van der Waals surface area contributed by atoms with Gasteiger partial charge in [0, 0.05) is 23.8 Å². The van der Waals surface area contributed by atoms with E-state index in [-0.39, 0.29) is 0 Å². The Bertz CT molecular complexity index is 890. The number of rotatable bonds is 3. The predicted octanol–water partition coefficient (Wildman–Crippen LogP) is 2.86. The van der Waals surface area contributed by atoms with Crippen molar-refractivity contribution in [3.05, 3.63) is 65.0 Å². The van der Waals surface area contributed by atoms with Gasteiger partial charge in [0.2, 0.25) is 17.5 Å². The minimum atomic E-state index is 0.388. The van der Waals surface area contributed by atoms with Crippen molar-refractivity contribution in [1.82, 2.24) is 10.4 Å². The minimum Gasteiger partial charge on any atom is -0.618 e. The highest BCUT2D eigenvalue weighted by Crippen LogP contribution is 2.17. The number of hydrogen-bond donors (Lipinski definition) is 2. The van der Waals surface area contributed by atoms with E-state index in [1.165, 1.54) is 6.20 Å². The third-order valence-corrected chi connectivity index (χ3v) is 3.72. The molecule has 8 heteroatoms. The monoisotopic (exact) mass is 359 g/mol. The van der Waals surface area contributed by atoms with E-state index >= 15 is 0 Å². The maximum absolute atomic E-state index is 12.1. The summed E-state index contributed by atoms with van der Waals surface area (Å²) in [6.07, 6.45) is 1.36. The fourth-order valence-corrected chi connectivity index (χ4v) is 2.57. The third kappa shape index (κ3) is 3.64. The van der Waals surface area contributed by atoms with Gasteiger partial charge in [-0.15, -0.1) is 0 Å². The van der Waals surface area contributed by atoms with Crippen LogP contribution in [-0.2, 0) is 0 Å². The molecule has 1 aromatic heterocycles. The number of hydrazine groups is 1. The lowest BCUT2D eigenvalue weighted by molar-refractivity contribution is -0.576. The van der Waals surface area contributed by atoms with Gasteiger partial charge in [0.05, 0.1) is 0 Å². The van der Waals surface area contributed by atoms with Gasteiger partial charge in [-0.1, -0.05) is 29.8 Å². The summed E-state index contributed by atoms with van der Waals surface area (Å²) in [6.45, 7) is 0. The Morgan fingerprint density at radius 3 is 2.75 bits per heavy atom. The van der Waals surface area contributed by atoms with Crippen molar-refractivity contribution >= 4 is 51.5 Å². The Hall–Kier alpha value is -2.64. The summed E-state index contributed by atoms with van der Waals surface area (Å²) in [6, 6.07) is 14.5. The summed E-state index contributed by atoms with van der Waals surface area (Å²) in [5.41, 5.74) is 4.78. The largest absolute Gasteiger partial charge is 0.618 e. The van der Waals surface area contributed by atoms with E-state index < -0.39 is 0 Å². The molecule has 1 heterocycles. The number of nitrogens with one attached hydrogen (secondary N) is 2. The number of thiocarbonyl (C=S) groups is 1. The molecule has 0 atom stereocenters. The van der Waals surface area contributed by atoms with Gasteiger partial charge >= 0.3 is 0 Å². The van der Waals surface area contributed by atoms with Crippen molar-refractivity contribution in [2.75, 3.05) is 17.4 Å². The average Bonchev–Trinajstić information content (AvgIpc) is 2.56. The van der Waals surface area contributed by atoms with E-state index in [1.54, 1.807) is 30.3 Å². The number of halogens is 1. The maximum atomic E-state index is 12.1. The molecule has 2 N–H and O–H groups in total. The number of para-hydroxylation sites is 1. The second-order valence-electron chi connectivity index (χ2n) is 5.05. The summed E-state index contributed by atoms with van der Waals surface area (Å²) in [5, 5.41) is 17.6. The molecule has 0 bridgehead atoms. The second kappa shape index (κ2) is 6.86. The molecule has 0 aliphatic rings. The molecular formula is C16H14ClN5OS. The number of aromatic nitrogens is 2. The molecule has 122 valence electrons. The number of hydrogen-bond acceptors (Lipinski definition) is 4. The van der Waals surface area contributed by atoms with Gasteiger partial charge in [-0.05, 0) is 36.5 Å². The van der Waals surface area contributed by atoms with Crippen LogP contribution < -0.4 is 20.5 Å². The molecule has 3 aromatic rings. The Kier molecular flexibility index (Phi) is 4.64. The molecule has 0 amide bonds. The van der Waals surface area contributed by atoms with Crippen molar-refractivity contribution < 1.29 is 4.73 Å². The van der Waals surface area contributed by atoms with E-state index in [2.05, 4.69) is 15.7 Å². The molecule has 24 heavy (non-hydrogen) atoms. The first kappa shape index (κ1) is 16.2. The predicted molar refractivity (Wildman–Crippen MR) is 99.9 cm³/mol. The van der Waals surface area contributed by atoms with Crippen molar-refractivity contribution in [3.8, 4) is 0 Å². The molecular weight excluding hydrogens is 346 g/mol. The summed E-state index contributed by atoms with van der Waals surface area (Å²) in [5.74, 6) is 0.428. The molecule has 0 spiro atoms.